The molecule has 1 atom stereocenters. The summed E-state index contributed by atoms with van der Waals surface area (Å²) in [5.74, 6) is -0.160. The predicted octanol–water partition coefficient (Wildman–Crippen LogP) is 1.79. The lowest BCUT2D eigenvalue weighted by Crippen LogP contribution is -2.36. The first kappa shape index (κ1) is 17.5. The summed E-state index contributed by atoms with van der Waals surface area (Å²) in [5, 5.41) is 8.99. The number of carbonyl (C=O) groups excluding carboxylic acids is 2. The monoisotopic (exact) mass is 311 g/mol. The number of nitrogens with one attached hydrogen (secondary N) is 3. The van der Waals surface area contributed by atoms with Gasteiger partial charge < -0.3 is 16.0 Å². The van der Waals surface area contributed by atoms with Gasteiger partial charge in [-0.25, -0.2) is 0 Å². The Morgan fingerprint density at radius 2 is 1.90 bits per heavy atom. The number of hydrogen-bond acceptors (Lipinski definition) is 3. The van der Waals surface area contributed by atoms with Crippen molar-refractivity contribution >= 4 is 29.9 Å². The van der Waals surface area contributed by atoms with Crippen molar-refractivity contribution in [2.24, 2.45) is 5.92 Å². The summed E-state index contributed by atoms with van der Waals surface area (Å²) in [4.78, 5) is 23.6. The fraction of sp³-hybridized carbons (Fsp3) is 0.467. The van der Waals surface area contributed by atoms with E-state index < -0.39 is 0 Å². The van der Waals surface area contributed by atoms with E-state index in [1.54, 1.807) is 24.3 Å². The average Bonchev–Trinajstić information content (AvgIpc) is 2.92. The van der Waals surface area contributed by atoms with E-state index in [-0.39, 0.29) is 36.2 Å². The van der Waals surface area contributed by atoms with Crippen LogP contribution in [0.25, 0.3) is 0 Å². The van der Waals surface area contributed by atoms with Crippen molar-refractivity contribution in [1.29, 1.82) is 0 Å². The molecule has 2 rings (SSSR count). The molecule has 0 radical (unpaired) electrons. The van der Waals surface area contributed by atoms with Gasteiger partial charge >= 0.3 is 0 Å². The van der Waals surface area contributed by atoms with E-state index in [0.717, 1.165) is 19.5 Å². The van der Waals surface area contributed by atoms with Crippen LogP contribution >= 0.6 is 12.4 Å². The molecule has 0 aromatic heterocycles. The topological polar surface area (TPSA) is 70.2 Å². The number of anilines is 1. The average molecular weight is 312 g/mol. The van der Waals surface area contributed by atoms with Crippen LogP contribution in [0.3, 0.4) is 0 Å². The number of hydrogen-bond donors (Lipinski definition) is 3. The highest BCUT2D eigenvalue weighted by Gasteiger charge is 2.17. The zero-order valence-electron chi connectivity index (χ0n) is 12.3. The minimum atomic E-state index is -0.0690. The molecule has 0 bridgehead atoms. The normalized spacial score (nSPS) is 17.2. The third-order valence-electron chi connectivity index (χ3n) is 3.33. The van der Waals surface area contributed by atoms with Gasteiger partial charge in [0.15, 0.2) is 0 Å². The summed E-state index contributed by atoms with van der Waals surface area (Å²) in [5.41, 5.74) is 1.32. The first-order chi connectivity index (χ1) is 9.56. The Kier molecular flexibility index (Phi) is 6.65. The van der Waals surface area contributed by atoms with Gasteiger partial charge in [-0.3, -0.25) is 9.59 Å². The fourth-order valence-corrected chi connectivity index (χ4v) is 2.04. The highest BCUT2D eigenvalue weighted by Crippen LogP contribution is 2.11. The first-order valence-electron chi connectivity index (χ1n) is 6.99. The summed E-state index contributed by atoms with van der Waals surface area (Å²) in [6, 6.07) is 7.17. The Labute approximate surface area is 131 Å². The molecule has 1 heterocycles. The van der Waals surface area contributed by atoms with Gasteiger partial charge in [-0.2, -0.15) is 0 Å². The highest BCUT2D eigenvalue weighted by atomic mass is 35.5. The minimum absolute atomic E-state index is 0. The summed E-state index contributed by atoms with van der Waals surface area (Å²) < 4.78 is 0. The van der Waals surface area contributed by atoms with Crippen LogP contribution in [0.5, 0.6) is 0 Å². The van der Waals surface area contributed by atoms with Crippen LogP contribution < -0.4 is 16.0 Å². The van der Waals surface area contributed by atoms with Crippen LogP contribution in [0.15, 0.2) is 24.3 Å². The molecule has 1 saturated heterocycles. The van der Waals surface area contributed by atoms with Gasteiger partial charge in [0, 0.05) is 29.8 Å². The van der Waals surface area contributed by atoms with Gasteiger partial charge in [0.25, 0.3) is 5.91 Å². The van der Waals surface area contributed by atoms with Crippen LogP contribution in [0, 0.1) is 5.92 Å². The number of amides is 2. The molecule has 1 aromatic rings. The molecule has 1 fully saturated rings. The second kappa shape index (κ2) is 8.00. The molecular formula is C15H22ClN3O2. The Balaban J connectivity index is 0.00000220. The van der Waals surface area contributed by atoms with Crippen LogP contribution in [-0.4, -0.2) is 30.9 Å². The van der Waals surface area contributed by atoms with E-state index in [0.29, 0.717) is 11.3 Å². The molecule has 21 heavy (non-hydrogen) atoms. The highest BCUT2D eigenvalue weighted by molar-refractivity contribution is 5.96. The van der Waals surface area contributed by atoms with E-state index >= 15 is 0 Å². The van der Waals surface area contributed by atoms with Crippen LogP contribution in [-0.2, 0) is 4.79 Å². The van der Waals surface area contributed by atoms with Gasteiger partial charge in [-0.1, -0.05) is 13.8 Å². The minimum Gasteiger partial charge on any atom is -0.348 e. The van der Waals surface area contributed by atoms with Crippen molar-refractivity contribution in [2.45, 2.75) is 26.3 Å². The first-order valence-corrected chi connectivity index (χ1v) is 6.99. The third-order valence-corrected chi connectivity index (χ3v) is 3.33. The maximum absolute atomic E-state index is 12.0. The lowest BCUT2D eigenvalue weighted by atomic mass is 10.1. The molecule has 2 amide bonds. The van der Waals surface area contributed by atoms with Crippen molar-refractivity contribution in [3.63, 3.8) is 0 Å². The van der Waals surface area contributed by atoms with E-state index in [9.17, 15) is 9.59 Å². The molecule has 0 spiro atoms. The molecule has 116 valence electrons. The Hall–Kier alpha value is -1.59. The quantitative estimate of drug-likeness (QED) is 0.794. The molecular weight excluding hydrogens is 290 g/mol. The lowest BCUT2D eigenvalue weighted by molar-refractivity contribution is -0.118. The van der Waals surface area contributed by atoms with Crippen LogP contribution in [0.2, 0.25) is 0 Å². The SMILES string of the molecule is CC(C)C(=O)Nc1ccc(C(=O)NC2CCNC2)cc1.Cl. The van der Waals surface area contributed by atoms with Crippen molar-refractivity contribution in [3.8, 4) is 0 Å². The molecule has 1 aromatic carbocycles. The van der Waals surface area contributed by atoms with Crippen molar-refractivity contribution in [3.05, 3.63) is 29.8 Å². The van der Waals surface area contributed by atoms with Gasteiger partial charge in [0.1, 0.15) is 0 Å². The van der Waals surface area contributed by atoms with Crippen molar-refractivity contribution in [2.75, 3.05) is 18.4 Å². The molecule has 0 saturated carbocycles. The predicted molar refractivity (Wildman–Crippen MR) is 85.9 cm³/mol. The smallest absolute Gasteiger partial charge is 0.251 e. The fourth-order valence-electron chi connectivity index (χ4n) is 2.04. The number of rotatable bonds is 4. The van der Waals surface area contributed by atoms with Crippen LogP contribution in [0.1, 0.15) is 30.6 Å². The number of carbonyl (C=O) groups is 2. The van der Waals surface area contributed by atoms with E-state index in [1.807, 2.05) is 13.8 Å². The number of benzene rings is 1. The largest absolute Gasteiger partial charge is 0.348 e. The zero-order valence-corrected chi connectivity index (χ0v) is 13.1. The molecule has 0 aliphatic carbocycles. The Morgan fingerprint density at radius 3 is 2.43 bits per heavy atom. The van der Waals surface area contributed by atoms with Crippen molar-refractivity contribution < 1.29 is 9.59 Å². The summed E-state index contributed by atoms with van der Waals surface area (Å²) in [6.45, 7) is 5.46. The Bertz CT molecular complexity index is 482. The van der Waals surface area contributed by atoms with Gasteiger partial charge in [0.05, 0.1) is 0 Å². The molecule has 1 aliphatic rings. The summed E-state index contributed by atoms with van der Waals surface area (Å²) >= 11 is 0. The maximum Gasteiger partial charge on any atom is 0.251 e. The third kappa shape index (κ3) is 5.02. The number of halogens is 1. The second-order valence-electron chi connectivity index (χ2n) is 5.38. The molecule has 3 N–H and O–H groups in total. The Morgan fingerprint density at radius 1 is 1.24 bits per heavy atom. The molecule has 1 unspecified atom stereocenters. The standard InChI is InChI=1S/C15H21N3O2.ClH/c1-10(2)14(19)17-12-5-3-11(4-6-12)15(20)18-13-7-8-16-9-13;/h3-6,10,13,16H,7-9H2,1-2H3,(H,17,19)(H,18,20);1H. The van der Waals surface area contributed by atoms with Crippen molar-refractivity contribution in [1.82, 2.24) is 10.6 Å². The zero-order chi connectivity index (χ0) is 14.5. The summed E-state index contributed by atoms with van der Waals surface area (Å²) in [6.07, 6.45) is 0.967. The molecule has 5 nitrogen and oxygen atoms in total. The summed E-state index contributed by atoms with van der Waals surface area (Å²) in [7, 11) is 0. The van der Waals surface area contributed by atoms with E-state index in [1.165, 1.54) is 0 Å². The molecule has 6 heteroatoms. The van der Waals surface area contributed by atoms with E-state index in [4.69, 9.17) is 0 Å². The lowest BCUT2D eigenvalue weighted by Gasteiger charge is -2.12. The van der Waals surface area contributed by atoms with E-state index in [2.05, 4.69) is 16.0 Å². The molecule has 1 aliphatic heterocycles. The second-order valence-corrected chi connectivity index (χ2v) is 5.38. The van der Waals surface area contributed by atoms with Gasteiger partial charge in [-0.05, 0) is 37.2 Å². The van der Waals surface area contributed by atoms with Gasteiger partial charge in [-0.15, -0.1) is 12.4 Å². The van der Waals surface area contributed by atoms with Gasteiger partial charge in [0.2, 0.25) is 5.91 Å². The van der Waals surface area contributed by atoms with Crippen LogP contribution in [0.4, 0.5) is 5.69 Å². The maximum atomic E-state index is 12.0.